The van der Waals surface area contributed by atoms with Crippen molar-refractivity contribution in [3.8, 4) is 0 Å². The number of hydrogen-bond donors (Lipinski definition) is 1. The average molecular weight is 318 g/mol. The smallest absolute Gasteiger partial charge is 0.232 e. The first-order chi connectivity index (χ1) is 8.74. The molecular weight excluding hydrogens is 286 g/mol. The van der Waals surface area contributed by atoms with E-state index in [1.165, 1.54) is 0 Å². The van der Waals surface area contributed by atoms with Gasteiger partial charge in [0.15, 0.2) is 16.6 Å². The van der Waals surface area contributed by atoms with Crippen LogP contribution in [0.5, 0.6) is 0 Å². The van der Waals surface area contributed by atoms with Gasteiger partial charge in [-0.1, -0.05) is 20.8 Å². The molecule has 20 heavy (non-hydrogen) atoms. The Morgan fingerprint density at radius 1 is 1.15 bits per heavy atom. The molecule has 0 aromatic heterocycles. The molecule has 1 rings (SSSR count). The van der Waals surface area contributed by atoms with Gasteiger partial charge in [0.1, 0.15) is 12.1 Å². The molecule has 2 unspecified atom stereocenters. The van der Waals surface area contributed by atoms with Crippen LogP contribution in [0.3, 0.4) is 0 Å². The molecule has 118 valence electrons. The van der Waals surface area contributed by atoms with E-state index in [0.717, 1.165) is 0 Å². The van der Waals surface area contributed by atoms with Crippen LogP contribution in [-0.4, -0.2) is 34.9 Å². The topological polar surface area (TPSA) is 47.6 Å². The Bertz CT molecular complexity index is 372. The van der Waals surface area contributed by atoms with Crippen LogP contribution in [-0.2, 0) is 13.6 Å². The molecule has 6 heteroatoms. The Kier molecular flexibility index (Phi) is 4.96. The van der Waals surface area contributed by atoms with Crippen LogP contribution in [0.25, 0.3) is 0 Å². The third kappa shape index (κ3) is 4.16. The summed E-state index contributed by atoms with van der Waals surface area (Å²) in [6.45, 7) is 19.5. The minimum absolute atomic E-state index is 0.0551. The van der Waals surface area contributed by atoms with Gasteiger partial charge in [0, 0.05) is 0 Å². The summed E-state index contributed by atoms with van der Waals surface area (Å²) in [5.74, 6) is -0.115. The number of carbonyl (C=O) groups excluding carboxylic acids is 1. The predicted octanol–water partition coefficient (Wildman–Crippen LogP) is 3.32. The summed E-state index contributed by atoms with van der Waals surface area (Å²) in [7, 11) is -3.52. The molecule has 4 nitrogen and oxygen atoms in total. The van der Waals surface area contributed by atoms with E-state index in [-0.39, 0.29) is 29.2 Å². The summed E-state index contributed by atoms with van der Waals surface area (Å²) in [5, 5.41) is 3.01. The van der Waals surface area contributed by atoms with E-state index in [2.05, 4.69) is 58.8 Å². The third-order valence-corrected chi connectivity index (χ3v) is 9.72. The fourth-order valence-electron chi connectivity index (χ4n) is 2.03. The van der Waals surface area contributed by atoms with Crippen molar-refractivity contribution in [2.45, 2.75) is 77.8 Å². The zero-order valence-corrected chi connectivity index (χ0v) is 16.5. The van der Waals surface area contributed by atoms with Crippen LogP contribution in [0.1, 0.15) is 27.7 Å². The average Bonchev–Trinajstić information content (AvgIpc) is 2.10. The van der Waals surface area contributed by atoms with Crippen molar-refractivity contribution in [1.29, 1.82) is 0 Å². The van der Waals surface area contributed by atoms with Crippen molar-refractivity contribution in [2.75, 3.05) is 0 Å². The molecule has 0 bridgehead atoms. The second kappa shape index (κ2) is 5.55. The largest absolute Gasteiger partial charge is 0.413 e. The molecule has 0 radical (unpaired) electrons. The lowest BCUT2D eigenvalue weighted by Crippen LogP contribution is -2.66. The maximum atomic E-state index is 11.9. The first-order valence-electron chi connectivity index (χ1n) is 7.41. The van der Waals surface area contributed by atoms with Crippen molar-refractivity contribution in [3.63, 3.8) is 0 Å². The molecular formula is C14H31NO3Si2. The number of rotatable bonds is 5. The lowest BCUT2D eigenvalue weighted by molar-refractivity contribution is -0.151. The van der Waals surface area contributed by atoms with Gasteiger partial charge >= 0.3 is 0 Å². The molecule has 0 spiro atoms. The maximum Gasteiger partial charge on any atom is 0.232 e. The minimum Gasteiger partial charge on any atom is -0.413 e. The maximum absolute atomic E-state index is 11.9. The van der Waals surface area contributed by atoms with Gasteiger partial charge in [-0.15, -0.1) is 0 Å². The summed E-state index contributed by atoms with van der Waals surface area (Å²) in [6.07, 6.45) is -0.264. The Balaban J connectivity index is 2.71. The van der Waals surface area contributed by atoms with E-state index in [1.807, 2.05) is 6.92 Å². The number of carbonyl (C=O) groups is 1. The Morgan fingerprint density at radius 2 is 1.65 bits per heavy atom. The first-order valence-corrected chi connectivity index (χ1v) is 13.7. The van der Waals surface area contributed by atoms with E-state index in [9.17, 15) is 4.79 Å². The molecule has 1 amide bonds. The number of hydrogen-bond acceptors (Lipinski definition) is 3. The van der Waals surface area contributed by atoms with Gasteiger partial charge in [0.25, 0.3) is 0 Å². The van der Waals surface area contributed by atoms with E-state index in [4.69, 9.17) is 8.85 Å². The second-order valence-electron chi connectivity index (χ2n) is 8.27. The molecule has 1 heterocycles. The SMILES string of the molecule is C[C@@H](O[Si](C)(C)C(C)(C)C)C1C(=O)NC1O[Si](C)(C)C. The van der Waals surface area contributed by atoms with Gasteiger partial charge in [0.2, 0.25) is 5.91 Å². The monoisotopic (exact) mass is 317 g/mol. The number of nitrogens with one attached hydrogen (secondary N) is 1. The predicted molar refractivity (Wildman–Crippen MR) is 87.6 cm³/mol. The summed E-state index contributed by atoms with van der Waals surface area (Å²) in [4.78, 5) is 11.9. The molecule has 0 aromatic carbocycles. The summed E-state index contributed by atoms with van der Waals surface area (Å²) >= 11 is 0. The quantitative estimate of drug-likeness (QED) is 0.625. The van der Waals surface area contributed by atoms with Crippen LogP contribution in [0, 0.1) is 5.92 Å². The van der Waals surface area contributed by atoms with Crippen molar-refractivity contribution in [2.24, 2.45) is 5.92 Å². The Hall–Kier alpha value is -0.176. The highest BCUT2D eigenvalue weighted by Crippen LogP contribution is 2.39. The fourth-order valence-corrected chi connectivity index (χ4v) is 4.42. The van der Waals surface area contributed by atoms with E-state index in [1.54, 1.807) is 0 Å². The second-order valence-corrected chi connectivity index (χ2v) is 17.5. The zero-order chi connectivity index (χ0) is 15.9. The molecule has 3 atom stereocenters. The van der Waals surface area contributed by atoms with Gasteiger partial charge in [-0.25, -0.2) is 0 Å². The van der Waals surface area contributed by atoms with E-state index < -0.39 is 16.6 Å². The van der Waals surface area contributed by atoms with Gasteiger partial charge in [-0.2, -0.15) is 0 Å². The Labute approximate surface area is 125 Å². The number of amides is 1. The highest BCUT2D eigenvalue weighted by atomic mass is 28.4. The van der Waals surface area contributed by atoms with Crippen molar-refractivity contribution < 1.29 is 13.6 Å². The minimum atomic E-state index is -1.86. The first kappa shape index (κ1) is 17.9. The lowest BCUT2D eigenvalue weighted by Gasteiger charge is -2.46. The van der Waals surface area contributed by atoms with Crippen molar-refractivity contribution in [3.05, 3.63) is 0 Å². The molecule has 1 fully saturated rings. The molecule has 0 aromatic rings. The Morgan fingerprint density at radius 3 is 2.00 bits per heavy atom. The molecule has 1 aliphatic rings. The van der Waals surface area contributed by atoms with Crippen LogP contribution in [0.2, 0.25) is 37.8 Å². The van der Waals surface area contributed by atoms with Gasteiger partial charge in [0.05, 0.1) is 6.10 Å². The lowest BCUT2D eigenvalue weighted by atomic mass is 9.94. The van der Waals surface area contributed by atoms with Crippen LogP contribution in [0.15, 0.2) is 0 Å². The zero-order valence-electron chi connectivity index (χ0n) is 14.5. The molecule has 1 N–H and O–H groups in total. The summed E-state index contributed by atoms with van der Waals surface area (Å²) < 4.78 is 12.4. The van der Waals surface area contributed by atoms with Crippen LogP contribution < -0.4 is 5.32 Å². The molecule has 1 aliphatic heterocycles. The standard InChI is InChI=1S/C14H31NO3Si2/c1-10(17-20(8,9)14(2,3)4)11-12(16)15-13(11)18-19(5,6)7/h10-11,13H,1-9H3,(H,15,16)/t10-,11?,13?/m1/s1. The third-order valence-electron chi connectivity index (χ3n) is 4.19. The van der Waals surface area contributed by atoms with Crippen LogP contribution in [0.4, 0.5) is 0 Å². The van der Waals surface area contributed by atoms with E-state index in [0.29, 0.717) is 0 Å². The van der Waals surface area contributed by atoms with Crippen LogP contribution >= 0.6 is 0 Å². The fraction of sp³-hybridized carbons (Fsp3) is 0.929. The van der Waals surface area contributed by atoms with Gasteiger partial charge < -0.3 is 14.2 Å². The van der Waals surface area contributed by atoms with Gasteiger partial charge in [-0.05, 0) is 44.7 Å². The summed E-state index contributed by atoms with van der Waals surface area (Å²) in [6, 6.07) is 0. The molecule has 0 aliphatic carbocycles. The van der Waals surface area contributed by atoms with E-state index >= 15 is 0 Å². The molecule has 0 saturated carbocycles. The normalized spacial score (nSPS) is 25.9. The highest BCUT2D eigenvalue weighted by molar-refractivity contribution is 6.74. The summed E-state index contributed by atoms with van der Waals surface area (Å²) in [5.41, 5.74) is 0. The van der Waals surface area contributed by atoms with Gasteiger partial charge in [-0.3, -0.25) is 4.79 Å². The molecule has 1 saturated heterocycles. The van der Waals surface area contributed by atoms with Crippen molar-refractivity contribution >= 4 is 22.5 Å². The van der Waals surface area contributed by atoms with Crippen molar-refractivity contribution in [1.82, 2.24) is 5.32 Å². The highest BCUT2D eigenvalue weighted by Gasteiger charge is 2.49. The number of β-lactam (4-membered cyclic amide) rings is 1.